The van der Waals surface area contributed by atoms with E-state index >= 15 is 0 Å². The molecule has 0 saturated carbocycles. The minimum atomic E-state index is -0.0245. The second-order valence-electron chi connectivity index (χ2n) is 8.83. The third-order valence-electron chi connectivity index (χ3n) is 6.67. The number of carbonyl (C=O) groups excluding carboxylic acids is 2. The number of fused-ring (bicyclic) bond motifs is 1. The summed E-state index contributed by atoms with van der Waals surface area (Å²) < 4.78 is 11.1. The number of nitrogens with zero attached hydrogens (tertiary/aromatic N) is 4. The van der Waals surface area contributed by atoms with E-state index in [1.807, 2.05) is 41.0 Å². The maximum Gasteiger partial charge on any atom is 0.257 e. The number of ether oxygens (including phenoxy) is 2. The molecule has 1 atom stereocenters. The van der Waals surface area contributed by atoms with Gasteiger partial charge < -0.3 is 19.3 Å². The summed E-state index contributed by atoms with van der Waals surface area (Å²) in [7, 11) is 1.62. The Hall–Kier alpha value is -3.42. The number of methoxy groups -OCH3 is 1. The third kappa shape index (κ3) is 4.17. The van der Waals surface area contributed by atoms with Crippen LogP contribution in [0.5, 0.6) is 11.5 Å². The summed E-state index contributed by atoms with van der Waals surface area (Å²) >= 11 is 0. The molecule has 3 aliphatic rings. The number of carbonyl (C=O) groups is 2. The molecule has 0 radical (unpaired) electrons. The predicted octanol–water partition coefficient (Wildman–Crippen LogP) is 2.82. The molecule has 0 unspecified atom stereocenters. The molecular formula is C25H28N4O4. The van der Waals surface area contributed by atoms with Crippen molar-refractivity contribution >= 4 is 17.9 Å². The second kappa shape index (κ2) is 8.84. The molecule has 0 spiro atoms. The van der Waals surface area contributed by atoms with Gasteiger partial charge in [0, 0.05) is 43.9 Å². The number of amides is 2. The van der Waals surface area contributed by atoms with E-state index in [0.717, 1.165) is 49.4 Å². The number of likely N-dealkylation sites (tertiary alicyclic amines) is 2. The van der Waals surface area contributed by atoms with Gasteiger partial charge in [0.25, 0.3) is 11.8 Å². The van der Waals surface area contributed by atoms with Crippen molar-refractivity contribution in [2.45, 2.75) is 32.1 Å². The van der Waals surface area contributed by atoms with Gasteiger partial charge in [-0.2, -0.15) is 0 Å². The maximum atomic E-state index is 13.2. The first-order valence-electron chi connectivity index (χ1n) is 11.5. The van der Waals surface area contributed by atoms with Gasteiger partial charge >= 0.3 is 0 Å². The Labute approximate surface area is 193 Å². The molecule has 0 aliphatic carbocycles. The summed E-state index contributed by atoms with van der Waals surface area (Å²) in [5.74, 6) is 2.22. The van der Waals surface area contributed by atoms with E-state index < -0.39 is 0 Å². The number of hydrogen-bond donors (Lipinski definition) is 0. The fraction of sp³-hybridized carbons (Fsp3) is 0.440. The lowest BCUT2D eigenvalue weighted by Gasteiger charge is -2.22. The molecule has 3 aliphatic heterocycles. The summed E-state index contributed by atoms with van der Waals surface area (Å²) in [6, 6.07) is 5.57. The molecule has 8 heteroatoms. The largest absolute Gasteiger partial charge is 0.497 e. The molecule has 2 amide bonds. The first-order valence-corrected chi connectivity index (χ1v) is 11.5. The van der Waals surface area contributed by atoms with E-state index in [1.54, 1.807) is 13.3 Å². The molecule has 0 N–H and O–H groups in total. The monoisotopic (exact) mass is 448 g/mol. The van der Waals surface area contributed by atoms with Gasteiger partial charge in [0.05, 0.1) is 23.9 Å². The van der Waals surface area contributed by atoms with Crippen molar-refractivity contribution < 1.29 is 19.1 Å². The average Bonchev–Trinajstić information content (AvgIpc) is 3.55. The van der Waals surface area contributed by atoms with Gasteiger partial charge in [-0.3, -0.25) is 9.59 Å². The molecule has 8 nitrogen and oxygen atoms in total. The topological polar surface area (TPSA) is 84.9 Å². The number of aromatic nitrogens is 2. The number of rotatable bonds is 4. The van der Waals surface area contributed by atoms with Crippen LogP contribution in [0.25, 0.3) is 6.08 Å². The molecule has 2 fully saturated rings. The van der Waals surface area contributed by atoms with Gasteiger partial charge in [0.15, 0.2) is 0 Å². The second-order valence-corrected chi connectivity index (χ2v) is 8.83. The molecular weight excluding hydrogens is 420 g/mol. The Morgan fingerprint density at radius 2 is 1.94 bits per heavy atom. The summed E-state index contributed by atoms with van der Waals surface area (Å²) in [5, 5.41) is 0. The van der Waals surface area contributed by atoms with Gasteiger partial charge in [-0.25, -0.2) is 9.97 Å². The molecule has 1 aromatic heterocycles. The Kier molecular flexibility index (Phi) is 5.74. The van der Waals surface area contributed by atoms with Crippen LogP contribution in [-0.2, 0) is 4.79 Å². The van der Waals surface area contributed by atoms with E-state index in [1.165, 1.54) is 0 Å². The highest BCUT2D eigenvalue weighted by molar-refractivity contribution is 5.99. The predicted molar refractivity (Wildman–Crippen MR) is 122 cm³/mol. The summed E-state index contributed by atoms with van der Waals surface area (Å²) in [5.41, 5.74) is 2.75. The summed E-state index contributed by atoms with van der Waals surface area (Å²) in [4.78, 5) is 38.7. The van der Waals surface area contributed by atoms with Crippen molar-refractivity contribution in [2.24, 2.45) is 0 Å². The lowest BCUT2D eigenvalue weighted by atomic mass is 10.1. The van der Waals surface area contributed by atoms with Gasteiger partial charge in [0.2, 0.25) is 0 Å². The highest BCUT2D eigenvalue weighted by atomic mass is 16.5. The molecule has 172 valence electrons. The lowest BCUT2D eigenvalue weighted by molar-refractivity contribution is -0.126. The van der Waals surface area contributed by atoms with Crippen molar-refractivity contribution in [3.63, 3.8) is 0 Å². The first-order chi connectivity index (χ1) is 16.0. The van der Waals surface area contributed by atoms with E-state index in [2.05, 4.69) is 9.97 Å². The van der Waals surface area contributed by atoms with Gasteiger partial charge in [-0.05, 0) is 50.5 Å². The smallest absolute Gasteiger partial charge is 0.257 e. The van der Waals surface area contributed by atoms with E-state index in [4.69, 9.17) is 9.47 Å². The summed E-state index contributed by atoms with van der Waals surface area (Å²) in [6.07, 6.45) is 6.44. The quantitative estimate of drug-likeness (QED) is 0.715. The molecule has 33 heavy (non-hydrogen) atoms. The van der Waals surface area contributed by atoms with Crippen LogP contribution in [-0.4, -0.2) is 71.5 Å². The Morgan fingerprint density at radius 3 is 2.70 bits per heavy atom. The van der Waals surface area contributed by atoms with Crippen LogP contribution >= 0.6 is 0 Å². The van der Waals surface area contributed by atoms with Gasteiger partial charge in [0.1, 0.15) is 23.9 Å². The standard InChI is InChI=1S/C25H28N4O4/c1-16-21(25(31)28-8-3-4-9-28)13-26-23(27-16)17-7-10-29(14-17)24(30)19-11-18-12-20(32-2)5-6-22(18)33-15-19/h5-6,11-13,17H,3-4,7-10,14-15H2,1-2H3/t17-/m1/s1. The van der Waals surface area contributed by atoms with Crippen molar-refractivity contribution in [1.82, 2.24) is 19.8 Å². The van der Waals surface area contributed by atoms with Crippen molar-refractivity contribution in [1.29, 1.82) is 0 Å². The highest BCUT2D eigenvalue weighted by Gasteiger charge is 2.32. The minimum Gasteiger partial charge on any atom is -0.497 e. The van der Waals surface area contributed by atoms with E-state index in [0.29, 0.717) is 35.7 Å². The molecule has 1 aromatic carbocycles. The fourth-order valence-electron chi connectivity index (χ4n) is 4.75. The zero-order valence-corrected chi connectivity index (χ0v) is 19.0. The van der Waals surface area contributed by atoms with Crippen LogP contribution in [0.1, 0.15) is 52.6 Å². The fourth-order valence-corrected chi connectivity index (χ4v) is 4.75. The zero-order chi connectivity index (χ0) is 22.9. The molecule has 2 saturated heterocycles. The highest BCUT2D eigenvalue weighted by Crippen LogP contribution is 2.32. The molecule has 0 bridgehead atoms. The normalized spacial score (nSPS) is 19.7. The minimum absolute atomic E-state index is 0.0147. The van der Waals surface area contributed by atoms with Crippen LogP contribution in [0.4, 0.5) is 0 Å². The zero-order valence-electron chi connectivity index (χ0n) is 19.0. The first kappa shape index (κ1) is 21.4. The van der Waals surface area contributed by atoms with Crippen LogP contribution in [0.3, 0.4) is 0 Å². The summed E-state index contributed by atoms with van der Waals surface area (Å²) in [6.45, 7) is 4.92. The van der Waals surface area contributed by atoms with Crippen molar-refractivity contribution in [3.05, 3.63) is 52.6 Å². The van der Waals surface area contributed by atoms with E-state index in [-0.39, 0.29) is 24.3 Å². The number of aryl methyl sites for hydroxylation is 1. The molecule has 2 aromatic rings. The Bertz CT molecular complexity index is 1120. The number of hydrogen-bond acceptors (Lipinski definition) is 6. The van der Waals surface area contributed by atoms with Crippen LogP contribution < -0.4 is 9.47 Å². The maximum absolute atomic E-state index is 13.2. The SMILES string of the molecule is COc1ccc2c(c1)C=C(C(=O)N1CC[C@@H](c3ncc(C(=O)N4CCCC4)c(C)n3)C1)CO2. The molecule has 4 heterocycles. The van der Waals surface area contributed by atoms with Crippen LogP contribution in [0.15, 0.2) is 30.0 Å². The van der Waals surface area contributed by atoms with Crippen LogP contribution in [0.2, 0.25) is 0 Å². The van der Waals surface area contributed by atoms with Crippen molar-refractivity contribution in [2.75, 3.05) is 39.9 Å². The van der Waals surface area contributed by atoms with Gasteiger partial charge in [-0.15, -0.1) is 0 Å². The van der Waals surface area contributed by atoms with Gasteiger partial charge in [-0.1, -0.05) is 0 Å². The van der Waals surface area contributed by atoms with Crippen LogP contribution in [0, 0.1) is 6.92 Å². The number of benzene rings is 1. The Morgan fingerprint density at radius 1 is 1.12 bits per heavy atom. The van der Waals surface area contributed by atoms with E-state index in [9.17, 15) is 9.59 Å². The molecule has 5 rings (SSSR count). The lowest BCUT2D eigenvalue weighted by Crippen LogP contribution is -2.32. The Balaban J connectivity index is 1.27. The van der Waals surface area contributed by atoms with Crippen molar-refractivity contribution in [3.8, 4) is 11.5 Å². The average molecular weight is 449 g/mol. The third-order valence-corrected chi connectivity index (χ3v) is 6.67.